The Morgan fingerprint density at radius 1 is 1.44 bits per heavy atom. The number of hydrogen-bond donors (Lipinski definition) is 2. The van der Waals surface area contributed by atoms with E-state index in [1.165, 1.54) is 7.11 Å². The molecular formula is C14H18N2O2. The number of benzene rings is 1. The second kappa shape index (κ2) is 5.58. The first-order chi connectivity index (χ1) is 8.76. The molecule has 0 radical (unpaired) electrons. The second-order valence-electron chi connectivity index (χ2n) is 4.26. The summed E-state index contributed by atoms with van der Waals surface area (Å²) in [5, 5.41) is 4.44. The second-order valence-corrected chi connectivity index (χ2v) is 4.26. The molecule has 0 aliphatic heterocycles. The van der Waals surface area contributed by atoms with Gasteiger partial charge in [-0.1, -0.05) is 25.1 Å². The number of carbonyl (C=O) groups excluding carboxylic acids is 1. The van der Waals surface area contributed by atoms with Gasteiger partial charge in [0.15, 0.2) is 0 Å². The van der Waals surface area contributed by atoms with E-state index in [-0.39, 0.29) is 11.9 Å². The highest BCUT2D eigenvalue weighted by Crippen LogP contribution is 2.22. The molecule has 1 atom stereocenters. The summed E-state index contributed by atoms with van der Waals surface area (Å²) in [5.74, 6) is -0.270. The third kappa shape index (κ3) is 2.47. The van der Waals surface area contributed by atoms with Crippen LogP contribution in [0, 0.1) is 5.92 Å². The van der Waals surface area contributed by atoms with Gasteiger partial charge in [-0.25, -0.2) is 0 Å². The van der Waals surface area contributed by atoms with Crippen LogP contribution in [-0.2, 0) is 9.53 Å². The SMILES string of the molecule is CCC(CNc1c[nH]c2ccccc12)C(=O)OC. The van der Waals surface area contributed by atoms with Crippen molar-refractivity contribution in [1.82, 2.24) is 4.98 Å². The molecule has 1 aromatic carbocycles. The van der Waals surface area contributed by atoms with Gasteiger partial charge in [0.2, 0.25) is 0 Å². The third-order valence-corrected chi connectivity index (χ3v) is 3.16. The maximum Gasteiger partial charge on any atom is 0.310 e. The number of nitrogens with one attached hydrogen (secondary N) is 2. The van der Waals surface area contributed by atoms with Crippen molar-refractivity contribution in [1.29, 1.82) is 0 Å². The molecule has 18 heavy (non-hydrogen) atoms. The van der Waals surface area contributed by atoms with Gasteiger partial charge in [0, 0.05) is 23.6 Å². The van der Waals surface area contributed by atoms with Crippen molar-refractivity contribution in [3.8, 4) is 0 Å². The van der Waals surface area contributed by atoms with E-state index >= 15 is 0 Å². The van der Waals surface area contributed by atoms with Crippen LogP contribution in [0.25, 0.3) is 10.9 Å². The van der Waals surface area contributed by atoms with Crippen molar-refractivity contribution in [2.45, 2.75) is 13.3 Å². The van der Waals surface area contributed by atoms with Crippen molar-refractivity contribution in [2.24, 2.45) is 5.92 Å². The standard InChI is InChI=1S/C14H18N2O2/c1-3-10(14(17)18-2)8-15-13-9-16-12-7-5-4-6-11(12)13/h4-7,9-10,15-16H,3,8H2,1-2H3. The van der Waals surface area contributed by atoms with Gasteiger partial charge >= 0.3 is 5.97 Å². The normalized spacial score (nSPS) is 12.3. The number of fused-ring (bicyclic) bond motifs is 1. The zero-order valence-corrected chi connectivity index (χ0v) is 10.7. The quantitative estimate of drug-likeness (QED) is 0.798. The molecule has 2 rings (SSSR count). The summed E-state index contributed by atoms with van der Waals surface area (Å²) in [5.41, 5.74) is 2.11. The van der Waals surface area contributed by atoms with Crippen molar-refractivity contribution in [2.75, 3.05) is 19.0 Å². The molecule has 1 heterocycles. The Labute approximate surface area is 106 Å². The number of para-hydroxylation sites is 1. The highest BCUT2D eigenvalue weighted by molar-refractivity contribution is 5.92. The molecule has 0 fully saturated rings. The number of methoxy groups -OCH3 is 1. The van der Waals surface area contributed by atoms with E-state index in [2.05, 4.69) is 10.3 Å². The van der Waals surface area contributed by atoms with Crippen LogP contribution in [0.1, 0.15) is 13.3 Å². The number of hydrogen-bond acceptors (Lipinski definition) is 3. The van der Waals surface area contributed by atoms with Gasteiger partial charge in [0.1, 0.15) is 0 Å². The monoisotopic (exact) mass is 246 g/mol. The zero-order valence-electron chi connectivity index (χ0n) is 10.7. The minimum absolute atomic E-state index is 0.108. The lowest BCUT2D eigenvalue weighted by Crippen LogP contribution is -2.23. The molecule has 0 spiro atoms. The van der Waals surface area contributed by atoms with Crippen LogP contribution >= 0.6 is 0 Å². The molecule has 0 aliphatic rings. The average Bonchev–Trinajstić information content (AvgIpc) is 2.82. The molecule has 0 saturated carbocycles. The molecule has 2 aromatic rings. The predicted octanol–water partition coefficient (Wildman–Crippen LogP) is 2.78. The number of H-pyrrole nitrogens is 1. The van der Waals surface area contributed by atoms with Gasteiger partial charge in [-0.05, 0) is 12.5 Å². The van der Waals surface area contributed by atoms with Crippen molar-refractivity contribution in [3.63, 3.8) is 0 Å². The molecule has 0 saturated heterocycles. The lowest BCUT2D eigenvalue weighted by molar-refractivity contribution is -0.145. The Hall–Kier alpha value is -1.97. The summed E-state index contributed by atoms with van der Waals surface area (Å²) in [6, 6.07) is 8.07. The summed E-state index contributed by atoms with van der Waals surface area (Å²) < 4.78 is 4.77. The van der Waals surface area contributed by atoms with Crippen LogP contribution in [0.5, 0.6) is 0 Å². The molecule has 4 heteroatoms. The average molecular weight is 246 g/mol. The highest BCUT2D eigenvalue weighted by atomic mass is 16.5. The van der Waals surface area contributed by atoms with E-state index in [1.54, 1.807) is 0 Å². The molecular weight excluding hydrogens is 228 g/mol. The minimum atomic E-state index is -0.162. The fraction of sp³-hybridized carbons (Fsp3) is 0.357. The lowest BCUT2D eigenvalue weighted by atomic mass is 10.1. The van der Waals surface area contributed by atoms with Gasteiger partial charge in [-0.3, -0.25) is 4.79 Å². The van der Waals surface area contributed by atoms with Crippen molar-refractivity contribution in [3.05, 3.63) is 30.5 Å². The molecule has 1 unspecified atom stereocenters. The molecule has 0 aliphatic carbocycles. The predicted molar refractivity (Wildman–Crippen MR) is 72.6 cm³/mol. The third-order valence-electron chi connectivity index (χ3n) is 3.16. The first-order valence-electron chi connectivity index (χ1n) is 6.14. The first kappa shape index (κ1) is 12.5. The van der Waals surface area contributed by atoms with E-state index in [9.17, 15) is 4.79 Å². The van der Waals surface area contributed by atoms with Gasteiger partial charge in [0.25, 0.3) is 0 Å². The van der Waals surface area contributed by atoms with E-state index in [1.807, 2.05) is 37.4 Å². The van der Waals surface area contributed by atoms with Crippen LogP contribution in [0.2, 0.25) is 0 Å². The Balaban J connectivity index is 2.07. The summed E-state index contributed by atoms with van der Waals surface area (Å²) in [7, 11) is 1.43. The topological polar surface area (TPSA) is 54.1 Å². The number of aromatic nitrogens is 1. The van der Waals surface area contributed by atoms with E-state index in [0.29, 0.717) is 6.54 Å². The Kier molecular flexibility index (Phi) is 3.87. The van der Waals surface area contributed by atoms with E-state index in [4.69, 9.17) is 4.74 Å². The molecule has 4 nitrogen and oxygen atoms in total. The molecule has 2 N–H and O–H groups in total. The van der Waals surface area contributed by atoms with Crippen LogP contribution in [0.3, 0.4) is 0 Å². The van der Waals surface area contributed by atoms with Crippen molar-refractivity contribution < 1.29 is 9.53 Å². The fourth-order valence-corrected chi connectivity index (χ4v) is 2.01. The van der Waals surface area contributed by atoms with Crippen molar-refractivity contribution >= 4 is 22.6 Å². The number of anilines is 1. The maximum atomic E-state index is 11.5. The Bertz CT molecular complexity index is 533. The van der Waals surface area contributed by atoms with Crippen LogP contribution in [0.15, 0.2) is 30.5 Å². The number of carbonyl (C=O) groups is 1. The van der Waals surface area contributed by atoms with Gasteiger partial charge in [-0.2, -0.15) is 0 Å². The van der Waals surface area contributed by atoms with E-state index < -0.39 is 0 Å². The molecule has 1 aromatic heterocycles. The van der Waals surface area contributed by atoms with E-state index in [0.717, 1.165) is 23.0 Å². The largest absolute Gasteiger partial charge is 0.469 e. The summed E-state index contributed by atoms with van der Waals surface area (Å²) in [4.78, 5) is 14.7. The first-order valence-corrected chi connectivity index (χ1v) is 6.14. The summed E-state index contributed by atoms with van der Waals surface area (Å²) in [6.45, 7) is 2.57. The smallest absolute Gasteiger partial charge is 0.310 e. The van der Waals surface area contributed by atoms with Gasteiger partial charge in [-0.15, -0.1) is 0 Å². The van der Waals surface area contributed by atoms with Crippen LogP contribution < -0.4 is 5.32 Å². The Morgan fingerprint density at radius 3 is 2.94 bits per heavy atom. The zero-order chi connectivity index (χ0) is 13.0. The molecule has 96 valence electrons. The number of rotatable bonds is 5. The van der Waals surface area contributed by atoms with Crippen LogP contribution in [0.4, 0.5) is 5.69 Å². The summed E-state index contributed by atoms with van der Waals surface area (Å²) in [6.07, 6.45) is 2.69. The van der Waals surface area contributed by atoms with Gasteiger partial charge < -0.3 is 15.0 Å². The molecule has 0 amide bonds. The highest BCUT2D eigenvalue weighted by Gasteiger charge is 2.16. The number of esters is 1. The van der Waals surface area contributed by atoms with Crippen LogP contribution in [-0.4, -0.2) is 24.6 Å². The Morgan fingerprint density at radius 2 is 2.22 bits per heavy atom. The maximum absolute atomic E-state index is 11.5. The summed E-state index contributed by atoms with van der Waals surface area (Å²) >= 11 is 0. The fourth-order valence-electron chi connectivity index (χ4n) is 2.01. The molecule has 0 bridgehead atoms. The van der Waals surface area contributed by atoms with Gasteiger partial charge in [0.05, 0.1) is 18.7 Å². The minimum Gasteiger partial charge on any atom is -0.469 e. The number of ether oxygens (including phenoxy) is 1. The lowest BCUT2D eigenvalue weighted by Gasteiger charge is -2.13. The number of aromatic amines is 1.